The van der Waals surface area contributed by atoms with Crippen molar-refractivity contribution < 1.29 is 39.4 Å². The van der Waals surface area contributed by atoms with E-state index in [2.05, 4.69) is 0 Å². The second-order valence-electron chi connectivity index (χ2n) is 12.5. The minimum atomic E-state index is -1.58. The lowest BCUT2D eigenvalue weighted by Crippen LogP contribution is -2.60. The van der Waals surface area contributed by atoms with Crippen LogP contribution in [-0.2, 0) is 15.9 Å². The summed E-state index contributed by atoms with van der Waals surface area (Å²) in [6, 6.07) is 11.2. The van der Waals surface area contributed by atoms with Crippen molar-refractivity contribution in [2.75, 3.05) is 13.7 Å². The lowest BCUT2D eigenvalue weighted by atomic mass is 9.54. The number of halogens is 1. The third-order valence-electron chi connectivity index (χ3n) is 9.69. The van der Waals surface area contributed by atoms with Crippen LogP contribution in [0, 0.1) is 23.7 Å². The normalized spacial score (nSPS) is 33.5. The zero-order valence-corrected chi connectivity index (χ0v) is 24.7. The number of methoxy groups -OCH3 is 1. The van der Waals surface area contributed by atoms with Crippen molar-refractivity contribution >= 4 is 23.1 Å². The van der Waals surface area contributed by atoms with E-state index in [4.69, 9.17) is 25.8 Å². The fourth-order valence-electron chi connectivity index (χ4n) is 7.84. The predicted molar refractivity (Wildman–Crippen MR) is 156 cm³/mol. The van der Waals surface area contributed by atoms with Gasteiger partial charge in [0.05, 0.1) is 18.7 Å². The molecule has 5 aliphatic rings. The van der Waals surface area contributed by atoms with Crippen LogP contribution < -0.4 is 4.74 Å². The summed E-state index contributed by atoms with van der Waals surface area (Å²) < 4.78 is 17.9. The molecule has 4 bridgehead atoms. The number of allylic oxidation sites excluding steroid dienone is 1. The number of ketones is 1. The third-order valence-corrected chi connectivity index (χ3v) is 10.1. The summed E-state index contributed by atoms with van der Waals surface area (Å²) in [4.78, 5) is 11.8. The molecule has 1 saturated heterocycles. The van der Waals surface area contributed by atoms with Gasteiger partial charge in [0.2, 0.25) is 6.29 Å². The van der Waals surface area contributed by atoms with Crippen LogP contribution >= 0.6 is 11.6 Å². The van der Waals surface area contributed by atoms with Crippen LogP contribution in [0.15, 0.2) is 42.0 Å². The Bertz CT molecular complexity index is 1320. The third kappa shape index (κ3) is 5.49. The van der Waals surface area contributed by atoms with E-state index < -0.39 is 37.3 Å². The van der Waals surface area contributed by atoms with Crippen molar-refractivity contribution in [3.63, 3.8) is 0 Å². The molecule has 0 amide bonds. The van der Waals surface area contributed by atoms with Gasteiger partial charge in [0.25, 0.3) is 0 Å². The van der Waals surface area contributed by atoms with E-state index in [0.717, 1.165) is 28.7 Å². The summed E-state index contributed by atoms with van der Waals surface area (Å²) in [7, 11) is 1.68. The number of aliphatic hydroxyl groups is 4. The van der Waals surface area contributed by atoms with E-state index in [-0.39, 0.29) is 11.5 Å². The van der Waals surface area contributed by atoms with Crippen molar-refractivity contribution in [1.82, 2.24) is 0 Å². The number of carbonyl (C=O) groups is 1. The molecule has 0 aromatic heterocycles. The highest BCUT2D eigenvalue weighted by Gasteiger charge is 2.47. The molecule has 7 rings (SSSR count). The number of benzene rings is 2. The molecule has 42 heavy (non-hydrogen) atoms. The Morgan fingerprint density at radius 2 is 1.57 bits per heavy atom. The van der Waals surface area contributed by atoms with Gasteiger partial charge in [-0.25, -0.2) is 0 Å². The van der Waals surface area contributed by atoms with Gasteiger partial charge >= 0.3 is 0 Å². The molecule has 2 unspecified atom stereocenters. The molecule has 4 N–H and O–H groups in total. The smallest absolute Gasteiger partial charge is 0.229 e. The van der Waals surface area contributed by atoms with Crippen molar-refractivity contribution in [2.45, 2.75) is 76.2 Å². The Balaban J connectivity index is 1.40. The van der Waals surface area contributed by atoms with Crippen LogP contribution in [0.4, 0.5) is 0 Å². The molecule has 2 aromatic carbocycles. The van der Waals surface area contributed by atoms with E-state index >= 15 is 0 Å². The van der Waals surface area contributed by atoms with Crippen LogP contribution in [0.1, 0.15) is 66.1 Å². The molecular formula is C33H39ClO8. The van der Waals surface area contributed by atoms with Gasteiger partial charge in [0.15, 0.2) is 5.78 Å². The van der Waals surface area contributed by atoms with Crippen molar-refractivity contribution in [3.05, 3.63) is 69.2 Å². The second kappa shape index (κ2) is 11.9. The molecule has 2 aromatic rings. The van der Waals surface area contributed by atoms with Gasteiger partial charge in [-0.05, 0) is 98.0 Å². The minimum absolute atomic E-state index is 0.00225. The highest BCUT2D eigenvalue weighted by atomic mass is 35.5. The first-order valence-electron chi connectivity index (χ1n) is 14.8. The molecule has 8 nitrogen and oxygen atoms in total. The van der Waals surface area contributed by atoms with Crippen molar-refractivity contribution in [2.24, 2.45) is 23.7 Å². The average Bonchev–Trinajstić information content (AvgIpc) is 2.97. The van der Waals surface area contributed by atoms with E-state index in [0.29, 0.717) is 34.4 Å². The molecule has 0 radical (unpaired) electrons. The highest BCUT2D eigenvalue weighted by molar-refractivity contribution is 6.33. The summed E-state index contributed by atoms with van der Waals surface area (Å²) in [6.45, 7) is 0.970. The summed E-state index contributed by atoms with van der Waals surface area (Å²) in [6.07, 6.45) is -0.618. The largest absolute Gasteiger partial charge is 0.496 e. The van der Waals surface area contributed by atoms with Gasteiger partial charge in [-0.15, -0.1) is 0 Å². The Kier molecular flexibility index (Phi) is 8.39. The van der Waals surface area contributed by atoms with Crippen LogP contribution in [0.2, 0.25) is 5.02 Å². The van der Waals surface area contributed by atoms with Gasteiger partial charge < -0.3 is 34.6 Å². The van der Waals surface area contributed by atoms with Gasteiger partial charge in [-0.1, -0.05) is 35.9 Å². The maximum absolute atomic E-state index is 11.8. The Morgan fingerprint density at radius 3 is 2.14 bits per heavy atom. The Morgan fingerprint density at radius 1 is 0.929 bits per heavy atom. The monoisotopic (exact) mass is 598 g/mol. The topological polar surface area (TPSA) is 126 Å². The highest BCUT2D eigenvalue weighted by Crippen LogP contribution is 2.58. The van der Waals surface area contributed by atoms with Crippen LogP contribution in [0.5, 0.6) is 5.75 Å². The molecule has 1 heterocycles. The molecule has 5 atom stereocenters. The number of rotatable bonds is 8. The molecule has 4 aliphatic carbocycles. The van der Waals surface area contributed by atoms with Crippen molar-refractivity contribution in [3.8, 4) is 5.75 Å². The minimum Gasteiger partial charge on any atom is -0.496 e. The maximum atomic E-state index is 11.8. The molecule has 0 spiro atoms. The van der Waals surface area contributed by atoms with Gasteiger partial charge in [-0.2, -0.15) is 0 Å². The number of hydrogen-bond donors (Lipinski definition) is 4. The fourth-order valence-corrected chi connectivity index (χ4v) is 8.08. The number of Topliss-reactive ketones (excluding diaryl/α,β-unsaturated/α-hetero) is 1. The number of hydrogen-bond acceptors (Lipinski definition) is 8. The zero-order chi connectivity index (χ0) is 29.7. The van der Waals surface area contributed by atoms with E-state index in [1.165, 1.54) is 44.6 Å². The lowest BCUT2D eigenvalue weighted by Gasteiger charge is -2.51. The maximum Gasteiger partial charge on any atom is 0.229 e. The average molecular weight is 599 g/mol. The SMILES string of the molecule is COC(=C1C2CC3CC(C2)CC1C3)c1cc(Cc2ccc(C(C)=O)cc2)cc(O[C@@H]2OC(CO)[C@H](O)[C@H](O)C2O)c1Cl. The summed E-state index contributed by atoms with van der Waals surface area (Å²) in [5, 5.41) is 41.2. The number of aliphatic hydroxyl groups excluding tert-OH is 4. The van der Waals surface area contributed by atoms with Gasteiger partial charge in [0, 0.05) is 11.1 Å². The summed E-state index contributed by atoms with van der Waals surface area (Å²) >= 11 is 7.05. The van der Waals surface area contributed by atoms with Gasteiger partial charge in [0.1, 0.15) is 35.9 Å². The second-order valence-corrected chi connectivity index (χ2v) is 12.9. The molecule has 4 saturated carbocycles. The van der Waals surface area contributed by atoms with Gasteiger partial charge in [-0.3, -0.25) is 4.79 Å². The zero-order valence-electron chi connectivity index (χ0n) is 23.9. The fraction of sp³-hybridized carbons (Fsp3) is 0.545. The molecular weight excluding hydrogens is 560 g/mol. The molecule has 1 aliphatic heterocycles. The predicted octanol–water partition coefficient (Wildman–Crippen LogP) is 4.13. The van der Waals surface area contributed by atoms with E-state index in [9.17, 15) is 25.2 Å². The van der Waals surface area contributed by atoms with E-state index in [1.807, 2.05) is 18.2 Å². The first-order chi connectivity index (χ1) is 20.2. The lowest BCUT2D eigenvalue weighted by molar-refractivity contribution is -0.277. The number of ether oxygens (including phenoxy) is 3. The quantitative estimate of drug-likeness (QED) is 0.264. The summed E-state index contributed by atoms with van der Waals surface area (Å²) in [5.74, 6) is 3.47. The van der Waals surface area contributed by atoms with Crippen molar-refractivity contribution in [1.29, 1.82) is 0 Å². The molecule has 9 heteroatoms. The van der Waals surface area contributed by atoms with Crippen LogP contribution in [0.25, 0.3) is 5.76 Å². The first-order valence-corrected chi connectivity index (χ1v) is 15.2. The summed E-state index contributed by atoms with van der Waals surface area (Å²) in [5.41, 5.74) is 4.50. The van der Waals surface area contributed by atoms with E-state index in [1.54, 1.807) is 25.3 Å². The first kappa shape index (κ1) is 29.6. The Labute approximate surface area is 250 Å². The molecule has 226 valence electrons. The standard InChI is InChI=1S/C33H39ClO8/c1-16(36)21-5-3-17(4-6-21)7-20-13-24(32(40-2)27-22-9-18-8-19(11-22)12-23(27)10-18)28(34)25(14-20)41-33-31(39)30(38)29(37)26(15-35)42-33/h3-6,13-14,18-19,22-23,26,29-31,33,35,37-39H,7-12,15H2,1-2H3/t18?,19?,22?,23?,26?,29-,30-,31?,33+/m0/s1. The van der Waals surface area contributed by atoms with Crippen LogP contribution in [0.3, 0.4) is 0 Å². The Hall–Kier alpha value is -2.46. The van der Waals surface area contributed by atoms with Crippen LogP contribution in [-0.4, -0.2) is 70.6 Å². The number of carbonyl (C=O) groups excluding carboxylic acids is 1. The molecule has 5 fully saturated rings.